The summed E-state index contributed by atoms with van der Waals surface area (Å²) in [6.45, 7) is 8.27. The van der Waals surface area contributed by atoms with Gasteiger partial charge in [0.15, 0.2) is 0 Å². The predicted molar refractivity (Wildman–Crippen MR) is 223 cm³/mol. The lowest BCUT2D eigenvalue weighted by atomic mass is 10.3. The molecule has 3 aromatic rings. The highest BCUT2D eigenvalue weighted by Gasteiger charge is 2.12. The first-order valence-electron chi connectivity index (χ1n) is 19.1. The first-order valence-corrected chi connectivity index (χ1v) is 20.7. The van der Waals surface area contributed by atoms with Crippen LogP contribution in [0.5, 0.6) is 5.75 Å². The Labute approximate surface area is 349 Å². The van der Waals surface area contributed by atoms with Gasteiger partial charge in [-0.2, -0.15) is 16.8 Å². The number of hydrogen-bond acceptors (Lipinski definition) is 16. The minimum atomic E-state index is -1.09. The minimum Gasteiger partial charge on any atom is -0.491 e. The summed E-state index contributed by atoms with van der Waals surface area (Å²) in [7, 11) is 0. The van der Waals surface area contributed by atoms with Crippen molar-refractivity contribution in [2.45, 2.75) is 19.5 Å². The topological polar surface area (TPSA) is 195 Å². The van der Waals surface area contributed by atoms with Crippen molar-refractivity contribution in [3.63, 3.8) is 0 Å². The zero-order chi connectivity index (χ0) is 41.5. The normalized spacial score (nSPS) is 11.2. The van der Waals surface area contributed by atoms with Crippen LogP contribution in [-0.2, 0) is 36.8 Å². The lowest BCUT2D eigenvalue weighted by Crippen LogP contribution is -2.32. The van der Waals surface area contributed by atoms with Crippen LogP contribution >= 0.6 is 24.0 Å². The number of carbonyl (C=O) groups is 2. The third-order valence-corrected chi connectivity index (χ3v) is 9.22. The van der Waals surface area contributed by atoms with E-state index in [1.807, 2.05) is 40.9 Å². The molecule has 0 unspecified atom stereocenters. The Bertz CT molecular complexity index is 1640. The van der Waals surface area contributed by atoms with E-state index in [1.165, 1.54) is 12.1 Å². The van der Waals surface area contributed by atoms with E-state index in [4.69, 9.17) is 28.4 Å². The zero-order valence-electron chi connectivity index (χ0n) is 32.8. The number of thiocarbonyl (C=S) groups is 1. The molecule has 3 N–H and O–H groups in total. The SMILES string of the molecule is O=C(O)c1cccc(CN(CCO)CCOCCOCCN(CCOCCCSCCOCCOCCOc2ccc(N=C=S)cc2)Cc2cccc(C(=O)O)n2)n1. The van der Waals surface area contributed by atoms with E-state index < -0.39 is 11.9 Å². The molecule has 0 atom stereocenters. The van der Waals surface area contributed by atoms with Crippen LogP contribution in [0.15, 0.2) is 65.7 Å². The first-order chi connectivity index (χ1) is 28.4. The summed E-state index contributed by atoms with van der Waals surface area (Å²) in [4.78, 5) is 39.1. The van der Waals surface area contributed by atoms with Crippen LogP contribution in [0.4, 0.5) is 5.69 Å². The highest BCUT2D eigenvalue weighted by Crippen LogP contribution is 2.17. The second kappa shape index (κ2) is 31.1. The number of aromatic nitrogens is 2. The highest BCUT2D eigenvalue weighted by molar-refractivity contribution is 7.99. The molecule has 318 valence electrons. The van der Waals surface area contributed by atoms with Crippen molar-refractivity contribution >= 4 is 46.8 Å². The Morgan fingerprint density at radius 3 is 1.67 bits per heavy atom. The predicted octanol–water partition coefficient (Wildman–Crippen LogP) is 4.19. The lowest BCUT2D eigenvalue weighted by molar-refractivity contribution is 0.0244. The first kappa shape index (κ1) is 48.5. The van der Waals surface area contributed by atoms with Gasteiger partial charge in [0.05, 0.1) is 88.3 Å². The monoisotopic (exact) mass is 845 g/mol. The van der Waals surface area contributed by atoms with Crippen molar-refractivity contribution in [3.05, 3.63) is 83.4 Å². The Hall–Kier alpha value is -3.91. The molecule has 0 aliphatic rings. The molecule has 0 saturated carbocycles. The minimum absolute atomic E-state index is 0.0000163. The molecule has 0 amide bonds. The van der Waals surface area contributed by atoms with E-state index in [0.717, 1.165) is 29.4 Å². The summed E-state index contributed by atoms with van der Waals surface area (Å²) in [6.07, 6.45) is 0.911. The molecule has 16 nitrogen and oxygen atoms in total. The van der Waals surface area contributed by atoms with Crippen LogP contribution in [0.25, 0.3) is 0 Å². The molecule has 0 aliphatic carbocycles. The number of aliphatic hydroxyl groups is 1. The van der Waals surface area contributed by atoms with Crippen molar-refractivity contribution in [1.29, 1.82) is 0 Å². The van der Waals surface area contributed by atoms with Gasteiger partial charge in [0.25, 0.3) is 0 Å². The van der Waals surface area contributed by atoms with Gasteiger partial charge in [-0.1, -0.05) is 12.1 Å². The third-order valence-electron chi connectivity index (χ3n) is 8.10. The molecule has 0 bridgehead atoms. The number of isothiocyanates is 1. The van der Waals surface area contributed by atoms with Crippen molar-refractivity contribution in [2.75, 3.05) is 117 Å². The standard InChI is InChI=1S/C40H55N5O11S2/c46-16-12-44(30-34-4-1-6-37(42-34)39(47)48)13-19-52-21-22-53-20-15-45(31-35-5-2-7-38(43-35)40(49)50)14-18-51-17-3-28-58-29-27-55-24-23-54-25-26-56-36-10-8-33(9-11-36)41-32-57/h1-2,4-11,46H,3,12-31H2,(H,47,48)(H,49,50). The van der Waals surface area contributed by atoms with Gasteiger partial charge in [-0.15, -0.1) is 0 Å². The highest BCUT2D eigenvalue weighted by atomic mass is 32.2. The molecule has 2 aromatic heterocycles. The van der Waals surface area contributed by atoms with E-state index in [1.54, 1.807) is 24.3 Å². The molecule has 18 heteroatoms. The second-order valence-electron chi connectivity index (χ2n) is 12.5. The maximum absolute atomic E-state index is 11.4. The Morgan fingerprint density at radius 2 is 1.14 bits per heavy atom. The molecule has 3 rings (SSSR count). The quantitative estimate of drug-likeness (QED) is 0.0433. The van der Waals surface area contributed by atoms with Gasteiger partial charge in [-0.3, -0.25) is 9.80 Å². The van der Waals surface area contributed by atoms with E-state index in [2.05, 4.69) is 37.2 Å². The van der Waals surface area contributed by atoms with Crippen molar-refractivity contribution in [1.82, 2.24) is 19.8 Å². The number of carboxylic acids is 2. The second-order valence-corrected chi connectivity index (χ2v) is 13.9. The number of hydrogen-bond donors (Lipinski definition) is 3. The van der Waals surface area contributed by atoms with Crippen LogP contribution < -0.4 is 4.74 Å². The van der Waals surface area contributed by atoms with E-state index in [9.17, 15) is 24.9 Å². The molecule has 0 aliphatic heterocycles. The number of thioether (sulfide) groups is 1. The zero-order valence-corrected chi connectivity index (χ0v) is 34.4. The summed E-state index contributed by atoms with van der Waals surface area (Å²) in [5.41, 5.74) is 1.96. The van der Waals surface area contributed by atoms with Crippen LogP contribution in [0, 0.1) is 0 Å². The largest absolute Gasteiger partial charge is 0.491 e. The Balaban J connectivity index is 1.22. The fourth-order valence-corrected chi connectivity index (χ4v) is 6.08. The van der Waals surface area contributed by atoms with E-state index >= 15 is 0 Å². The van der Waals surface area contributed by atoms with Gasteiger partial charge in [-0.05, 0) is 72.9 Å². The average molecular weight is 846 g/mol. The summed E-state index contributed by atoms with van der Waals surface area (Å²) < 4.78 is 34.3. The number of rotatable bonds is 35. The maximum Gasteiger partial charge on any atom is 0.354 e. The maximum atomic E-state index is 11.4. The number of aliphatic imine (C=N–C) groups is 1. The van der Waals surface area contributed by atoms with Gasteiger partial charge in [0.2, 0.25) is 0 Å². The van der Waals surface area contributed by atoms with E-state index in [-0.39, 0.29) is 18.0 Å². The summed E-state index contributed by atoms with van der Waals surface area (Å²) >= 11 is 6.41. The summed E-state index contributed by atoms with van der Waals surface area (Å²) in [6, 6.07) is 17.1. The number of benzene rings is 1. The molecule has 2 heterocycles. The van der Waals surface area contributed by atoms with Crippen LogP contribution in [0.1, 0.15) is 38.8 Å². The third kappa shape index (κ3) is 22.3. The van der Waals surface area contributed by atoms with Crippen LogP contribution in [-0.4, -0.2) is 169 Å². The molecule has 0 radical (unpaired) electrons. The molecular formula is C40H55N5O11S2. The van der Waals surface area contributed by atoms with Gasteiger partial charge in [-0.25, -0.2) is 19.6 Å². The van der Waals surface area contributed by atoms with E-state index in [0.29, 0.717) is 123 Å². The number of ether oxygens (including phenoxy) is 6. The number of nitrogens with zero attached hydrogens (tertiary/aromatic N) is 5. The number of aromatic carboxylic acids is 2. The van der Waals surface area contributed by atoms with Crippen molar-refractivity contribution < 1.29 is 53.3 Å². The summed E-state index contributed by atoms with van der Waals surface area (Å²) in [5, 5.41) is 30.4. The Kier molecular flexibility index (Phi) is 26.0. The molecule has 0 saturated heterocycles. The van der Waals surface area contributed by atoms with Crippen molar-refractivity contribution in [3.8, 4) is 5.75 Å². The van der Waals surface area contributed by atoms with Gasteiger partial charge >= 0.3 is 11.9 Å². The summed E-state index contributed by atoms with van der Waals surface area (Å²) in [5.74, 6) is 0.426. The van der Waals surface area contributed by atoms with Gasteiger partial charge < -0.3 is 43.7 Å². The number of aliphatic hydroxyl groups excluding tert-OH is 1. The van der Waals surface area contributed by atoms with Crippen molar-refractivity contribution in [2.24, 2.45) is 4.99 Å². The van der Waals surface area contributed by atoms with Gasteiger partial charge in [0.1, 0.15) is 23.7 Å². The molecular weight excluding hydrogens is 791 g/mol. The van der Waals surface area contributed by atoms with Crippen LogP contribution in [0.3, 0.4) is 0 Å². The molecule has 0 fully saturated rings. The molecule has 58 heavy (non-hydrogen) atoms. The Morgan fingerprint density at radius 1 is 0.638 bits per heavy atom. The van der Waals surface area contributed by atoms with Gasteiger partial charge in [0, 0.05) is 51.6 Å². The fraction of sp³-hybridized carbons (Fsp3) is 0.525. The average Bonchev–Trinajstić information content (AvgIpc) is 3.22. The lowest BCUT2D eigenvalue weighted by Gasteiger charge is -2.22. The number of carboxylic acid groups (broad SMARTS) is 2. The molecule has 0 spiro atoms. The number of pyridine rings is 2. The fourth-order valence-electron chi connectivity index (χ4n) is 5.21. The van der Waals surface area contributed by atoms with Crippen LogP contribution in [0.2, 0.25) is 0 Å². The smallest absolute Gasteiger partial charge is 0.354 e. The molecule has 1 aromatic carbocycles.